The minimum absolute atomic E-state index is 0.205. The summed E-state index contributed by atoms with van der Waals surface area (Å²) in [5.41, 5.74) is 3.37. The number of hydrogen-bond donors (Lipinski definition) is 0. The molecule has 0 radical (unpaired) electrons. The Balaban J connectivity index is 1.20. The van der Waals surface area contributed by atoms with E-state index in [9.17, 15) is 4.79 Å². The van der Waals surface area contributed by atoms with E-state index in [1.807, 2.05) is 35.7 Å². The molecule has 5 rings (SSSR count). The second-order valence-corrected chi connectivity index (χ2v) is 9.66. The van der Waals surface area contributed by atoms with Crippen molar-refractivity contribution in [3.63, 3.8) is 0 Å². The predicted molar refractivity (Wildman–Crippen MR) is 140 cm³/mol. The van der Waals surface area contributed by atoms with E-state index < -0.39 is 0 Å². The minimum Gasteiger partial charge on any atom is -0.326 e. The van der Waals surface area contributed by atoms with Crippen molar-refractivity contribution >= 4 is 34.2 Å². The van der Waals surface area contributed by atoms with E-state index in [1.54, 1.807) is 0 Å². The summed E-state index contributed by atoms with van der Waals surface area (Å²) in [6.45, 7) is 6.61. The van der Waals surface area contributed by atoms with Crippen LogP contribution < -0.4 is 0 Å². The molecule has 0 unspecified atom stereocenters. The molecule has 1 aliphatic heterocycles. The molecular weight excluding hydrogens is 440 g/mol. The summed E-state index contributed by atoms with van der Waals surface area (Å²) in [4.78, 5) is 23.4. The summed E-state index contributed by atoms with van der Waals surface area (Å²) in [7, 11) is 0. The Morgan fingerprint density at radius 3 is 2.47 bits per heavy atom. The van der Waals surface area contributed by atoms with Gasteiger partial charge in [-0.05, 0) is 29.1 Å². The summed E-state index contributed by atoms with van der Waals surface area (Å²) in [5, 5.41) is 1.96. The standard InChI is InChI=1S/C28H30N4OS/c33-26(27-13-7-21-34-27)14-16-32-25-12-5-4-11-24(25)29-28(32)22-31-19-17-30(18-20-31)15-6-10-23-8-2-1-3-9-23/h1-13,21H,14-20,22H2/b10-6-. The number of rotatable bonds is 9. The number of nitrogens with zero attached hydrogens (tertiary/aromatic N) is 4. The van der Waals surface area contributed by atoms with Gasteiger partial charge in [0, 0.05) is 45.7 Å². The Bertz CT molecular complexity index is 1240. The van der Waals surface area contributed by atoms with Crippen LogP contribution in [0.2, 0.25) is 0 Å². The molecule has 2 aromatic carbocycles. The van der Waals surface area contributed by atoms with Crippen molar-refractivity contribution in [1.82, 2.24) is 19.4 Å². The molecule has 4 aromatic rings. The molecule has 2 aromatic heterocycles. The third-order valence-electron chi connectivity index (χ3n) is 6.40. The third kappa shape index (κ3) is 5.53. The normalized spacial score (nSPS) is 15.4. The number of imidazole rings is 1. The zero-order chi connectivity index (χ0) is 23.2. The number of carbonyl (C=O) groups is 1. The summed E-state index contributed by atoms with van der Waals surface area (Å²) in [6.07, 6.45) is 4.95. The Kier molecular flexibility index (Phi) is 7.29. The van der Waals surface area contributed by atoms with Crippen LogP contribution in [0.5, 0.6) is 0 Å². The fraction of sp³-hybridized carbons (Fsp3) is 0.286. The Morgan fingerprint density at radius 2 is 1.68 bits per heavy atom. The zero-order valence-corrected chi connectivity index (χ0v) is 20.2. The highest BCUT2D eigenvalue weighted by molar-refractivity contribution is 7.12. The van der Waals surface area contributed by atoms with Gasteiger partial charge in [-0.3, -0.25) is 14.6 Å². The van der Waals surface area contributed by atoms with Gasteiger partial charge >= 0.3 is 0 Å². The number of fused-ring (bicyclic) bond motifs is 1. The van der Waals surface area contributed by atoms with Gasteiger partial charge in [-0.1, -0.05) is 60.7 Å². The van der Waals surface area contributed by atoms with Gasteiger partial charge in [-0.2, -0.15) is 0 Å². The van der Waals surface area contributed by atoms with Crippen molar-refractivity contribution in [3.8, 4) is 0 Å². The quantitative estimate of drug-likeness (QED) is 0.315. The molecule has 1 fully saturated rings. The summed E-state index contributed by atoms with van der Waals surface area (Å²) < 4.78 is 2.25. The highest BCUT2D eigenvalue weighted by Crippen LogP contribution is 2.20. The lowest BCUT2D eigenvalue weighted by Gasteiger charge is -2.34. The van der Waals surface area contributed by atoms with Crippen LogP contribution in [0, 0.1) is 0 Å². The van der Waals surface area contributed by atoms with Crippen LogP contribution in [0.25, 0.3) is 17.1 Å². The van der Waals surface area contributed by atoms with E-state index in [1.165, 1.54) is 16.9 Å². The number of ketones is 1. The average Bonchev–Trinajstić information content (AvgIpc) is 3.53. The van der Waals surface area contributed by atoms with Crippen molar-refractivity contribution in [1.29, 1.82) is 0 Å². The maximum atomic E-state index is 12.6. The second kappa shape index (κ2) is 10.9. The van der Waals surface area contributed by atoms with Crippen molar-refractivity contribution < 1.29 is 4.79 Å². The van der Waals surface area contributed by atoms with E-state index in [0.717, 1.165) is 61.0 Å². The molecule has 1 aliphatic rings. The van der Waals surface area contributed by atoms with Crippen LogP contribution in [0.4, 0.5) is 0 Å². The number of carbonyl (C=O) groups excluding carboxylic acids is 1. The minimum atomic E-state index is 0.205. The van der Waals surface area contributed by atoms with Gasteiger partial charge in [-0.15, -0.1) is 11.3 Å². The van der Waals surface area contributed by atoms with Crippen LogP contribution in [0.3, 0.4) is 0 Å². The number of thiophene rings is 1. The van der Waals surface area contributed by atoms with Gasteiger partial charge in [0.15, 0.2) is 5.78 Å². The number of piperazine rings is 1. The first-order valence-electron chi connectivity index (χ1n) is 11.9. The van der Waals surface area contributed by atoms with Crippen LogP contribution in [-0.2, 0) is 13.1 Å². The number of Topliss-reactive ketones (excluding diaryl/α,β-unsaturated/α-hetero) is 1. The maximum Gasteiger partial charge on any atom is 0.174 e. The molecule has 1 saturated heterocycles. The summed E-state index contributed by atoms with van der Waals surface area (Å²) in [5.74, 6) is 1.26. The van der Waals surface area contributed by atoms with Gasteiger partial charge in [-0.25, -0.2) is 4.98 Å². The Morgan fingerprint density at radius 1 is 0.912 bits per heavy atom. The van der Waals surface area contributed by atoms with Crippen LogP contribution >= 0.6 is 11.3 Å². The molecular formula is C28H30N4OS. The first-order chi connectivity index (χ1) is 16.8. The molecule has 34 heavy (non-hydrogen) atoms. The van der Waals surface area contributed by atoms with Crippen molar-refractivity contribution in [2.75, 3.05) is 32.7 Å². The van der Waals surface area contributed by atoms with E-state index in [4.69, 9.17) is 4.98 Å². The molecule has 0 aliphatic carbocycles. The van der Waals surface area contributed by atoms with Gasteiger partial charge in [0.2, 0.25) is 0 Å². The van der Waals surface area contributed by atoms with Crippen LogP contribution in [0.1, 0.15) is 27.5 Å². The lowest BCUT2D eigenvalue weighted by Crippen LogP contribution is -2.46. The molecule has 0 bridgehead atoms. The average molecular weight is 471 g/mol. The molecule has 0 atom stereocenters. The summed E-state index contributed by atoms with van der Waals surface area (Å²) in [6, 6.07) is 22.6. The van der Waals surface area contributed by atoms with Crippen molar-refractivity contribution in [2.45, 2.75) is 19.5 Å². The molecule has 6 heteroatoms. The maximum absolute atomic E-state index is 12.6. The van der Waals surface area contributed by atoms with Gasteiger partial charge in [0.25, 0.3) is 0 Å². The molecule has 5 nitrogen and oxygen atoms in total. The third-order valence-corrected chi connectivity index (χ3v) is 7.31. The molecule has 3 heterocycles. The lowest BCUT2D eigenvalue weighted by molar-refractivity contribution is 0.0980. The number of hydrogen-bond acceptors (Lipinski definition) is 5. The largest absolute Gasteiger partial charge is 0.326 e. The fourth-order valence-corrected chi connectivity index (χ4v) is 5.20. The van der Waals surface area contributed by atoms with Crippen LogP contribution in [0.15, 0.2) is 78.2 Å². The number of aryl methyl sites for hydroxylation is 1. The second-order valence-electron chi connectivity index (χ2n) is 8.71. The number of aromatic nitrogens is 2. The fourth-order valence-electron chi connectivity index (χ4n) is 4.50. The Hall–Kier alpha value is -3.06. The zero-order valence-electron chi connectivity index (χ0n) is 19.3. The lowest BCUT2D eigenvalue weighted by atomic mass is 10.2. The molecule has 0 N–H and O–H groups in total. The van der Waals surface area contributed by atoms with Crippen LogP contribution in [-0.4, -0.2) is 57.9 Å². The first kappa shape index (κ1) is 22.7. The van der Waals surface area contributed by atoms with E-state index in [0.29, 0.717) is 13.0 Å². The van der Waals surface area contributed by atoms with Gasteiger partial charge in [0.1, 0.15) is 5.82 Å². The SMILES string of the molecule is O=C(CCn1c(CN2CCN(C/C=C\c3ccccc3)CC2)nc2ccccc21)c1cccs1. The highest BCUT2D eigenvalue weighted by Gasteiger charge is 2.20. The topological polar surface area (TPSA) is 41.4 Å². The highest BCUT2D eigenvalue weighted by atomic mass is 32.1. The molecule has 0 saturated carbocycles. The van der Waals surface area contributed by atoms with Crippen molar-refractivity contribution in [3.05, 3.63) is 94.5 Å². The van der Waals surface area contributed by atoms with E-state index >= 15 is 0 Å². The van der Waals surface area contributed by atoms with Gasteiger partial charge in [0.05, 0.1) is 22.5 Å². The molecule has 174 valence electrons. The molecule has 0 spiro atoms. The van der Waals surface area contributed by atoms with Gasteiger partial charge < -0.3 is 4.57 Å². The first-order valence-corrected chi connectivity index (χ1v) is 12.8. The molecule has 0 amide bonds. The van der Waals surface area contributed by atoms with Crippen molar-refractivity contribution in [2.24, 2.45) is 0 Å². The number of para-hydroxylation sites is 2. The van der Waals surface area contributed by atoms with E-state index in [-0.39, 0.29) is 5.78 Å². The number of benzene rings is 2. The van der Waals surface area contributed by atoms with E-state index in [2.05, 4.69) is 62.9 Å². The Labute approximate surface area is 205 Å². The predicted octanol–water partition coefficient (Wildman–Crippen LogP) is 5.20. The monoisotopic (exact) mass is 470 g/mol. The summed E-state index contributed by atoms with van der Waals surface area (Å²) >= 11 is 1.52. The smallest absolute Gasteiger partial charge is 0.174 e.